The molecule has 0 aliphatic heterocycles. The van der Waals surface area contributed by atoms with Crippen LogP contribution in [0.5, 0.6) is 5.75 Å². The topological polar surface area (TPSA) is 132 Å². The van der Waals surface area contributed by atoms with E-state index < -0.39 is 29.5 Å². The van der Waals surface area contributed by atoms with Crippen molar-refractivity contribution in [3.8, 4) is 11.8 Å². The summed E-state index contributed by atoms with van der Waals surface area (Å²) in [4.78, 5) is 34.2. The molecule has 2 aromatic rings. The predicted molar refractivity (Wildman–Crippen MR) is 98.9 cm³/mol. The molecule has 1 unspecified atom stereocenters. The van der Waals surface area contributed by atoms with Crippen molar-refractivity contribution in [1.82, 2.24) is 0 Å². The molecule has 0 radical (unpaired) electrons. The summed E-state index contributed by atoms with van der Waals surface area (Å²) in [6, 6.07) is 11.8. The van der Waals surface area contributed by atoms with E-state index in [4.69, 9.17) is 26.3 Å². The van der Waals surface area contributed by atoms with Crippen molar-refractivity contribution >= 4 is 34.9 Å². The van der Waals surface area contributed by atoms with Crippen molar-refractivity contribution in [2.45, 2.75) is 13.0 Å². The van der Waals surface area contributed by atoms with E-state index in [1.807, 2.05) is 6.07 Å². The molecule has 0 aromatic heterocycles. The second-order valence-electron chi connectivity index (χ2n) is 5.44. The van der Waals surface area contributed by atoms with Crippen molar-refractivity contribution in [2.75, 3.05) is 11.9 Å². The van der Waals surface area contributed by atoms with Crippen LogP contribution in [0, 0.1) is 21.4 Å². The molecule has 0 aliphatic carbocycles. The Balaban J connectivity index is 1.90. The molecule has 2 rings (SSSR count). The van der Waals surface area contributed by atoms with Gasteiger partial charge in [0.2, 0.25) is 0 Å². The second-order valence-corrected chi connectivity index (χ2v) is 5.85. The summed E-state index contributed by atoms with van der Waals surface area (Å²) < 4.78 is 10.1. The Hall–Kier alpha value is -3.64. The summed E-state index contributed by atoms with van der Waals surface area (Å²) in [6.45, 7) is 0.745. The lowest BCUT2D eigenvalue weighted by atomic mass is 10.2. The van der Waals surface area contributed by atoms with Crippen LogP contribution < -0.4 is 10.1 Å². The first-order valence-electron chi connectivity index (χ1n) is 7.88. The maximum absolute atomic E-state index is 12.1. The summed E-state index contributed by atoms with van der Waals surface area (Å²) in [7, 11) is 0. The van der Waals surface area contributed by atoms with Crippen LogP contribution in [0.25, 0.3) is 0 Å². The number of hydrogen-bond donors (Lipinski definition) is 1. The Labute approximate surface area is 164 Å². The van der Waals surface area contributed by atoms with Gasteiger partial charge < -0.3 is 14.8 Å². The highest BCUT2D eigenvalue weighted by Crippen LogP contribution is 2.25. The highest BCUT2D eigenvalue weighted by Gasteiger charge is 2.20. The molecule has 9 nitrogen and oxygen atoms in total. The maximum atomic E-state index is 12.1. The van der Waals surface area contributed by atoms with Gasteiger partial charge in [-0.05, 0) is 31.2 Å². The maximum Gasteiger partial charge on any atom is 0.344 e. The van der Waals surface area contributed by atoms with E-state index in [-0.39, 0.29) is 22.0 Å². The van der Waals surface area contributed by atoms with Gasteiger partial charge in [-0.2, -0.15) is 5.26 Å². The van der Waals surface area contributed by atoms with E-state index >= 15 is 0 Å². The molecule has 10 heteroatoms. The molecule has 1 atom stereocenters. The van der Waals surface area contributed by atoms with Crippen LogP contribution >= 0.6 is 11.6 Å². The quantitative estimate of drug-likeness (QED) is 0.426. The average Bonchev–Trinajstić information content (AvgIpc) is 2.66. The normalized spacial score (nSPS) is 11.0. The number of rotatable bonds is 7. The summed E-state index contributed by atoms with van der Waals surface area (Å²) >= 11 is 5.89. The SMILES string of the molecule is CC(OC(=O)COc1ccccc1[N+](=O)[O-])C(=O)Nc1ccc(C#N)c(Cl)c1. The molecule has 2 aromatic carbocycles. The number of benzene rings is 2. The van der Waals surface area contributed by atoms with E-state index in [2.05, 4.69) is 5.32 Å². The van der Waals surface area contributed by atoms with Gasteiger partial charge in [0.05, 0.1) is 15.5 Å². The van der Waals surface area contributed by atoms with Crippen LogP contribution in [0.2, 0.25) is 5.02 Å². The number of ether oxygens (including phenoxy) is 2. The van der Waals surface area contributed by atoms with E-state index in [0.717, 1.165) is 0 Å². The van der Waals surface area contributed by atoms with Gasteiger partial charge in [-0.1, -0.05) is 23.7 Å². The fraction of sp³-hybridized carbons (Fsp3) is 0.167. The van der Waals surface area contributed by atoms with Gasteiger partial charge >= 0.3 is 11.7 Å². The number of carbonyl (C=O) groups is 2. The lowest BCUT2D eigenvalue weighted by molar-refractivity contribution is -0.385. The standard InChI is InChI=1S/C18H14ClN3O6/c1-11(18(24)21-13-7-6-12(9-20)14(19)8-13)28-17(23)10-27-16-5-3-2-4-15(16)22(25)26/h2-8,11H,10H2,1H3,(H,21,24). The van der Waals surface area contributed by atoms with Gasteiger partial charge in [-0.3, -0.25) is 14.9 Å². The fourth-order valence-electron chi connectivity index (χ4n) is 2.08. The molecule has 1 amide bonds. The van der Waals surface area contributed by atoms with Crippen molar-refractivity contribution in [2.24, 2.45) is 0 Å². The van der Waals surface area contributed by atoms with Gasteiger partial charge in [-0.25, -0.2) is 4.79 Å². The van der Waals surface area contributed by atoms with Crippen molar-refractivity contribution in [3.05, 3.63) is 63.2 Å². The van der Waals surface area contributed by atoms with Crippen LogP contribution in [0.4, 0.5) is 11.4 Å². The van der Waals surface area contributed by atoms with Crippen LogP contribution in [-0.2, 0) is 14.3 Å². The molecule has 0 heterocycles. The Morgan fingerprint density at radius 1 is 1.32 bits per heavy atom. The highest BCUT2D eigenvalue weighted by molar-refractivity contribution is 6.32. The van der Waals surface area contributed by atoms with Crippen LogP contribution in [0.15, 0.2) is 42.5 Å². The third-order valence-corrected chi connectivity index (χ3v) is 3.75. The van der Waals surface area contributed by atoms with Crippen molar-refractivity contribution in [3.63, 3.8) is 0 Å². The van der Waals surface area contributed by atoms with Gasteiger partial charge in [0.25, 0.3) is 5.91 Å². The number of anilines is 1. The third-order valence-electron chi connectivity index (χ3n) is 3.44. The molecule has 0 spiro atoms. The van der Waals surface area contributed by atoms with E-state index in [1.54, 1.807) is 0 Å². The minimum atomic E-state index is -1.16. The molecular weight excluding hydrogens is 390 g/mol. The van der Waals surface area contributed by atoms with Gasteiger partial charge in [0.1, 0.15) is 6.07 Å². The zero-order chi connectivity index (χ0) is 20.7. The molecule has 0 aliphatic rings. The zero-order valence-corrected chi connectivity index (χ0v) is 15.3. The van der Waals surface area contributed by atoms with Gasteiger partial charge in [0, 0.05) is 11.8 Å². The molecule has 0 saturated carbocycles. The van der Waals surface area contributed by atoms with E-state index in [0.29, 0.717) is 5.69 Å². The number of esters is 1. The number of nitrogens with one attached hydrogen (secondary N) is 1. The number of amides is 1. The Morgan fingerprint density at radius 2 is 2.04 bits per heavy atom. The molecule has 0 bridgehead atoms. The monoisotopic (exact) mass is 403 g/mol. The number of halogens is 1. The summed E-state index contributed by atoms with van der Waals surface area (Å²) in [5.41, 5.74) is 0.290. The molecule has 0 fully saturated rings. The predicted octanol–water partition coefficient (Wildman–Crippen LogP) is 3.07. The Morgan fingerprint density at radius 3 is 2.68 bits per heavy atom. The van der Waals surface area contributed by atoms with Crippen LogP contribution in [0.3, 0.4) is 0 Å². The van der Waals surface area contributed by atoms with Crippen molar-refractivity contribution in [1.29, 1.82) is 5.26 Å². The summed E-state index contributed by atoms with van der Waals surface area (Å²) in [6.07, 6.45) is -1.16. The fourth-order valence-corrected chi connectivity index (χ4v) is 2.30. The molecule has 0 saturated heterocycles. The first-order chi connectivity index (χ1) is 13.3. The average molecular weight is 404 g/mol. The van der Waals surface area contributed by atoms with Crippen LogP contribution in [0.1, 0.15) is 12.5 Å². The number of nitriles is 1. The molecule has 1 N–H and O–H groups in total. The molecule has 28 heavy (non-hydrogen) atoms. The first kappa shape index (κ1) is 20.7. The minimum absolute atomic E-state index is 0.0891. The number of hydrogen-bond acceptors (Lipinski definition) is 7. The highest BCUT2D eigenvalue weighted by atomic mass is 35.5. The smallest absolute Gasteiger partial charge is 0.344 e. The Kier molecular flexibility index (Phi) is 6.90. The third kappa shape index (κ3) is 5.43. The van der Waals surface area contributed by atoms with Crippen LogP contribution in [-0.4, -0.2) is 29.5 Å². The largest absolute Gasteiger partial charge is 0.475 e. The number of carbonyl (C=O) groups excluding carboxylic acids is 2. The van der Waals surface area contributed by atoms with Gasteiger partial charge in [0.15, 0.2) is 18.5 Å². The number of nitro groups is 1. The second kappa shape index (κ2) is 9.34. The van der Waals surface area contributed by atoms with E-state index in [1.165, 1.54) is 49.4 Å². The van der Waals surface area contributed by atoms with Gasteiger partial charge in [-0.15, -0.1) is 0 Å². The summed E-state index contributed by atoms with van der Waals surface area (Å²) in [5.74, 6) is -1.59. The number of para-hydroxylation sites is 2. The van der Waals surface area contributed by atoms with E-state index in [9.17, 15) is 19.7 Å². The lowest BCUT2D eigenvalue weighted by Gasteiger charge is -2.14. The molecular formula is C18H14ClN3O6. The Bertz CT molecular complexity index is 957. The number of nitro benzene ring substituents is 1. The zero-order valence-electron chi connectivity index (χ0n) is 14.5. The summed E-state index contributed by atoms with van der Waals surface area (Å²) in [5, 5.41) is 22.4. The number of nitrogens with zero attached hydrogens (tertiary/aromatic N) is 2. The first-order valence-corrected chi connectivity index (χ1v) is 8.26. The molecule has 144 valence electrons. The van der Waals surface area contributed by atoms with Crippen molar-refractivity contribution < 1.29 is 24.0 Å². The minimum Gasteiger partial charge on any atom is -0.475 e. The lowest BCUT2D eigenvalue weighted by Crippen LogP contribution is -2.31.